The van der Waals surface area contributed by atoms with Gasteiger partial charge in [-0.15, -0.1) is 0 Å². The zero-order valence-electron chi connectivity index (χ0n) is 6.68. The van der Waals surface area contributed by atoms with E-state index in [2.05, 4.69) is 0 Å². The van der Waals surface area contributed by atoms with Crippen LogP contribution >= 0.6 is 0 Å². The van der Waals surface area contributed by atoms with Crippen molar-refractivity contribution in [3.8, 4) is 0 Å². The highest BCUT2D eigenvalue weighted by molar-refractivity contribution is 5.12. The van der Waals surface area contributed by atoms with Gasteiger partial charge in [-0.25, -0.2) is 0 Å². The van der Waals surface area contributed by atoms with Crippen LogP contribution in [0, 0.1) is 5.21 Å². The van der Waals surface area contributed by atoms with Gasteiger partial charge in [-0.1, -0.05) is 0 Å². The van der Waals surface area contributed by atoms with Crippen LogP contribution in [0.25, 0.3) is 0 Å². The van der Waals surface area contributed by atoms with Gasteiger partial charge < -0.3 is 16.0 Å². The van der Waals surface area contributed by atoms with E-state index in [1.54, 1.807) is 12.1 Å². The third-order valence-corrected chi connectivity index (χ3v) is 1.70. The Morgan fingerprint density at radius 2 is 2.08 bits per heavy atom. The third-order valence-electron chi connectivity index (χ3n) is 1.70. The second-order valence-electron chi connectivity index (χ2n) is 2.61. The summed E-state index contributed by atoms with van der Waals surface area (Å²) in [5.41, 5.74) is 6.56. The molecule has 0 aliphatic rings. The van der Waals surface area contributed by atoms with Gasteiger partial charge in [0.2, 0.25) is 0 Å². The highest BCUT2D eigenvalue weighted by Gasteiger charge is 2.05. The maximum Gasteiger partial charge on any atom is 0.180 e. The molecular formula is C8H12N2O2. The lowest BCUT2D eigenvalue weighted by molar-refractivity contribution is -0.605. The van der Waals surface area contributed by atoms with E-state index in [1.807, 2.05) is 0 Å². The van der Waals surface area contributed by atoms with Gasteiger partial charge >= 0.3 is 0 Å². The maximum absolute atomic E-state index is 10.6. The zero-order chi connectivity index (χ0) is 8.97. The molecule has 4 nitrogen and oxygen atoms in total. The molecule has 0 aliphatic heterocycles. The van der Waals surface area contributed by atoms with Crippen LogP contribution in [0.2, 0.25) is 0 Å². The Bertz CT molecular complexity index is 235. The summed E-state index contributed by atoms with van der Waals surface area (Å²) in [7, 11) is 0. The molecule has 1 aromatic heterocycles. The van der Waals surface area contributed by atoms with Crippen LogP contribution in [0.1, 0.15) is 18.0 Å². The van der Waals surface area contributed by atoms with Gasteiger partial charge in [-0.3, -0.25) is 0 Å². The molecule has 0 fully saturated rings. The molecule has 12 heavy (non-hydrogen) atoms. The number of rotatable bonds is 3. The fraction of sp³-hybridized carbons (Fsp3) is 0.375. The smallest absolute Gasteiger partial charge is 0.180 e. The molecule has 0 saturated heterocycles. The quantitative estimate of drug-likeness (QED) is 0.481. The number of pyridine rings is 1. The molecule has 1 heterocycles. The van der Waals surface area contributed by atoms with E-state index >= 15 is 0 Å². The van der Waals surface area contributed by atoms with Crippen molar-refractivity contribution in [2.24, 2.45) is 5.73 Å². The third kappa shape index (κ3) is 2.18. The minimum absolute atomic E-state index is 0.0629. The number of hydrogen-bond donors (Lipinski definition) is 2. The summed E-state index contributed by atoms with van der Waals surface area (Å²) in [4.78, 5) is 0. The number of nitrogens with two attached hydrogens (primary N) is 1. The van der Waals surface area contributed by atoms with Gasteiger partial charge in [-0.05, 0) is 12.0 Å². The van der Waals surface area contributed by atoms with E-state index < -0.39 is 0 Å². The number of aromatic nitrogens is 1. The summed E-state index contributed by atoms with van der Waals surface area (Å²) in [6.45, 7) is 0.0629. The van der Waals surface area contributed by atoms with Crippen LogP contribution in [-0.4, -0.2) is 11.7 Å². The van der Waals surface area contributed by atoms with Crippen molar-refractivity contribution in [1.82, 2.24) is 0 Å². The lowest BCUT2D eigenvalue weighted by Gasteiger charge is -2.08. The molecular weight excluding hydrogens is 156 g/mol. The Balaban J connectivity index is 2.68. The first kappa shape index (κ1) is 8.96. The molecule has 3 N–H and O–H groups in total. The molecule has 0 aromatic carbocycles. The molecule has 0 radical (unpaired) electrons. The number of nitrogens with zero attached hydrogens (tertiary/aromatic N) is 1. The topological polar surface area (TPSA) is 73.2 Å². The standard InChI is InChI=1S/C8H12N2O2/c9-8(3-6-11)7-1-4-10(12)5-2-7/h1-2,4-5,8,11H,3,6,9H2. The van der Waals surface area contributed by atoms with Crippen molar-refractivity contribution in [3.63, 3.8) is 0 Å². The van der Waals surface area contributed by atoms with E-state index in [0.717, 1.165) is 5.56 Å². The zero-order valence-corrected chi connectivity index (χ0v) is 6.68. The average molecular weight is 168 g/mol. The Kier molecular flexibility index (Phi) is 3.01. The van der Waals surface area contributed by atoms with Gasteiger partial charge in [0.15, 0.2) is 12.4 Å². The molecule has 0 bridgehead atoms. The van der Waals surface area contributed by atoms with E-state index in [4.69, 9.17) is 10.8 Å². The van der Waals surface area contributed by atoms with Gasteiger partial charge in [0.25, 0.3) is 0 Å². The van der Waals surface area contributed by atoms with Crippen LogP contribution in [0.15, 0.2) is 24.5 Å². The minimum Gasteiger partial charge on any atom is -0.619 e. The Labute approximate surface area is 70.8 Å². The molecule has 1 rings (SSSR count). The molecule has 1 unspecified atom stereocenters. The lowest BCUT2D eigenvalue weighted by Crippen LogP contribution is -2.25. The van der Waals surface area contributed by atoms with Crippen LogP contribution < -0.4 is 10.5 Å². The molecule has 0 saturated carbocycles. The first-order valence-electron chi connectivity index (χ1n) is 3.79. The predicted molar refractivity (Wildman–Crippen MR) is 44.0 cm³/mol. The summed E-state index contributed by atoms with van der Waals surface area (Å²) >= 11 is 0. The fourth-order valence-corrected chi connectivity index (χ4v) is 0.977. The van der Waals surface area contributed by atoms with Gasteiger partial charge in [-0.2, -0.15) is 4.73 Å². The molecule has 1 aromatic rings. The van der Waals surface area contributed by atoms with Crippen LogP contribution in [0.3, 0.4) is 0 Å². The molecule has 4 heteroatoms. The van der Waals surface area contributed by atoms with Gasteiger partial charge in [0.05, 0.1) is 0 Å². The van der Waals surface area contributed by atoms with Crippen molar-refractivity contribution in [2.45, 2.75) is 12.5 Å². The van der Waals surface area contributed by atoms with Crippen molar-refractivity contribution >= 4 is 0 Å². The minimum atomic E-state index is -0.184. The highest BCUT2D eigenvalue weighted by Crippen LogP contribution is 2.10. The first-order valence-corrected chi connectivity index (χ1v) is 3.79. The monoisotopic (exact) mass is 168 g/mol. The maximum atomic E-state index is 10.6. The molecule has 1 atom stereocenters. The highest BCUT2D eigenvalue weighted by atomic mass is 16.5. The summed E-state index contributed by atoms with van der Waals surface area (Å²) in [5, 5.41) is 19.2. The second kappa shape index (κ2) is 4.04. The fourth-order valence-electron chi connectivity index (χ4n) is 0.977. The first-order chi connectivity index (χ1) is 5.74. The molecule has 0 amide bonds. The van der Waals surface area contributed by atoms with Crippen molar-refractivity contribution in [1.29, 1.82) is 0 Å². The molecule has 0 aliphatic carbocycles. The van der Waals surface area contributed by atoms with E-state index in [-0.39, 0.29) is 12.6 Å². The van der Waals surface area contributed by atoms with Crippen LogP contribution in [-0.2, 0) is 0 Å². The van der Waals surface area contributed by atoms with Crippen molar-refractivity contribution in [3.05, 3.63) is 35.3 Å². The number of aliphatic hydroxyl groups excluding tert-OH is 1. The van der Waals surface area contributed by atoms with Crippen LogP contribution in [0.5, 0.6) is 0 Å². The van der Waals surface area contributed by atoms with E-state index in [9.17, 15) is 5.21 Å². The normalized spacial score (nSPS) is 12.8. The van der Waals surface area contributed by atoms with Gasteiger partial charge in [0, 0.05) is 24.8 Å². The van der Waals surface area contributed by atoms with Gasteiger partial charge in [0.1, 0.15) is 0 Å². The Hall–Kier alpha value is -1.13. The Morgan fingerprint density at radius 1 is 1.50 bits per heavy atom. The summed E-state index contributed by atoms with van der Waals surface area (Å²) in [6.07, 6.45) is 3.31. The second-order valence-corrected chi connectivity index (χ2v) is 2.61. The lowest BCUT2D eigenvalue weighted by atomic mass is 10.1. The SMILES string of the molecule is NC(CCO)c1cc[n+]([O-])cc1. The summed E-state index contributed by atoms with van der Waals surface area (Å²) < 4.78 is 0.704. The van der Waals surface area contributed by atoms with E-state index in [1.165, 1.54) is 12.4 Å². The number of aliphatic hydroxyl groups is 1. The molecule has 66 valence electrons. The van der Waals surface area contributed by atoms with E-state index in [0.29, 0.717) is 11.2 Å². The molecule has 0 spiro atoms. The summed E-state index contributed by atoms with van der Waals surface area (Å²) in [5.74, 6) is 0. The van der Waals surface area contributed by atoms with Crippen molar-refractivity contribution in [2.75, 3.05) is 6.61 Å². The predicted octanol–water partition coefficient (Wildman–Crippen LogP) is -0.298. The number of hydrogen-bond acceptors (Lipinski definition) is 3. The largest absolute Gasteiger partial charge is 0.619 e. The van der Waals surface area contributed by atoms with Crippen LogP contribution in [0.4, 0.5) is 0 Å². The summed E-state index contributed by atoms with van der Waals surface area (Å²) in [6, 6.07) is 3.14. The van der Waals surface area contributed by atoms with Crippen molar-refractivity contribution < 1.29 is 9.84 Å². The Morgan fingerprint density at radius 3 is 2.58 bits per heavy atom. The average Bonchev–Trinajstić information content (AvgIpc) is 2.06.